The zero-order chi connectivity index (χ0) is 10.4. The second kappa shape index (κ2) is 5.23. The topological polar surface area (TPSA) is 92.7 Å². The summed E-state index contributed by atoms with van der Waals surface area (Å²) in [6, 6.07) is -1.11. The summed E-state index contributed by atoms with van der Waals surface area (Å²) in [5, 5.41) is 0. The van der Waals surface area contributed by atoms with Gasteiger partial charge in [0, 0.05) is 13.1 Å². The van der Waals surface area contributed by atoms with Crippen LogP contribution in [0.25, 0.3) is 0 Å². The van der Waals surface area contributed by atoms with Gasteiger partial charge in [0.15, 0.2) is 0 Å². The summed E-state index contributed by atoms with van der Waals surface area (Å²) in [5.41, 5.74) is 10.1. The number of hydrogen-bond donors (Lipinski definition) is 2. The first kappa shape index (κ1) is 11.5. The van der Waals surface area contributed by atoms with Crippen molar-refractivity contribution >= 4 is 12.1 Å². The summed E-state index contributed by atoms with van der Waals surface area (Å²) in [4.78, 5) is 24.2. The molecule has 0 rings (SSSR count). The van der Waals surface area contributed by atoms with Crippen LogP contribution in [0.3, 0.4) is 0 Å². The Bertz CT molecular complexity index is 175. The number of rotatable bonds is 4. The highest BCUT2D eigenvalue weighted by Crippen LogP contribution is 1.93. The summed E-state index contributed by atoms with van der Waals surface area (Å²) >= 11 is 0. The van der Waals surface area contributed by atoms with Gasteiger partial charge in [-0.25, -0.2) is 9.59 Å². The van der Waals surface area contributed by atoms with Gasteiger partial charge in [-0.15, -0.1) is 0 Å². The Morgan fingerprint density at radius 1 is 1.00 bits per heavy atom. The molecule has 0 saturated carbocycles. The minimum atomic E-state index is -0.554. The fourth-order valence-corrected chi connectivity index (χ4v) is 0.857. The average Bonchev–Trinajstić information content (AvgIpc) is 2.05. The van der Waals surface area contributed by atoms with Gasteiger partial charge in [-0.05, 0) is 13.8 Å². The number of nitrogens with two attached hydrogens (primary N) is 2. The van der Waals surface area contributed by atoms with Crippen molar-refractivity contribution in [1.29, 1.82) is 0 Å². The minimum Gasteiger partial charge on any atom is -0.351 e. The molecule has 0 saturated heterocycles. The van der Waals surface area contributed by atoms with Crippen LogP contribution in [-0.4, -0.2) is 41.6 Å². The molecule has 0 radical (unpaired) electrons. The molecule has 0 bridgehead atoms. The third-order valence-electron chi connectivity index (χ3n) is 1.73. The molecule has 0 aromatic carbocycles. The maximum Gasteiger partial charge on any atom is 0.316 e. The van der Waals surface area contributed by atoms with Crippen molar-refractivity contribution in [3.05, 3.63) is 0 Å². The molecule has 0 heterocycles. The molecule has 6 heteroatoms. The van der Waals surface area contributed by atoms with Crippen LogP contribution in [0.5, 0.6) is 0 Å². The first-order valence-electron chi connectivity index (χ1n) is 4.11. The van der Waals surface area contributed by atoms with Crippen molar-refractivity contribution in [1.82, 2.24) is 9.80 Å². The van der Waals surface area contributed by atoms with E-state index in [1.807, 2.05) is 0 Å². The number of carbonyl (C=O) groups excluding carboxylic acids is 2. The van der Waals surface area contributed by atoms with E-state index in [9.17, 15) is 9.59 Å². The molecule has 0 fully saturated rings. The van der Waals surface area contributed by atoms with Crippen LogP contribution in [0, 0.1) is 0 Å². The van der Waals surface area contributed by atoms with Crippen LogP contribution < -0.4 is 11.5 Å². The molecule has 0 aliphatic carbocycles. The lowest BCUT2D eigenvalue weighted by atomic mass is 10.5. The molecule has 0 aromatic heterocycles. The molecule has 4 amide bonds. The second-order valence-corrected chi connectivity index (χ2v) is 2.53. The lowest BCUT2D eigenvalue weighted by Crippen LogP contribution is -2.47. The van der Waals surface area contributed by atoms with Gasteiger partial charge in [0.2, 0.25) is 0 Å². The van der Waals surface area contributed by atoms with E-state index in [4.69, 9.17) is 11.5 Å². The molecule has 76 valence electrons. The highest BCUT2D eigenvalue weighted by atomic mass is 16.2. The van der Waals surface area contributed by atoms with Crippen LogP contribution in [0.15, 0.2) is 0 Å². The predicted molar refractivity (Wildman–Crippen MR) is 48.8 cm³/mol. The van der Waals surface area contributed by atoms with Gasteiger partial charge < -0.3 is 21.3 Å². The zero-order valence-corrected chi connectivity index (χ0v) is 7.99. The van der Waals surface area contributed by atoms with E-state index < -0.39 is 12.1 Å². The summed E-state index contributed by atoms with van der Waals surface area (Å²) in [6.45, 7) is 4.62. The molecule has 13 heavy (non-hydrogen) atoms. The van der Waals surface area contributed by atoms with Crippen LogP contribution in [0.1, 0.15) is 13.8 Å². The van der Waals surface area contributed by atoms with Crippen molar-refractivity contribution in [2.45, 2.75) is 13.8 Å². The number of amides is 4. The normalized spacial score (nSPS) is 9.38. The van der Waals surface area contributed by atoms with Crippen molar-refractivity contribution in [2.75, 3.05) is 19.8 Å². The third kappa shape index (κ3) is 3.64. The van der Waals surface area contributed by atoms with Crippen molar-refractivity contribution < 1.29 is 9.59 Å². The largest absolute Gasteiger partial charge is 0.351 e. The molecule has 0 atom stereocenters. The van der Waals surface area contributed by atoms with Crippen LogP contribution in [0.4, 0.5) is 9.59 Å². The average molecular weight is 188 g/mol. The maximum absolute atomic E-state index is 10.8. The molecule has 0 unspecified atom stereocenters. The summed E-state index contributed by atoms with van der Waals surface area (Å²) in [5.74, 6) is 0. The van der Waals surface area contributed by atoms with Crippen LogP contribution in [0.2, 0.25) is 0 Å². The highest BCUT2D eigenvalue weighted by Gasteiger charge is 2.13. The Morgan fingerprint density at radius 3 is 1.46 bits per heavy atom. The second-order valence-electron chi connectivity index (χ2n) is 2.53. The van der Waals surface area contributed by atoms with E-state index in [0.717, 1.165) is 0 Å². The van der Waals surface area contributed by atoms with E-state index in [0.29, 0.717) is 13.1 Å². The van der Waals surface area contributed by atoms with Crippen molar-refractivity contribution in [3.8, 4) is 0 Å². The Morgan fingerprint density at radius 2 is 1.31 bits per heavy atom. The Balaban J connectivity index is 4.19. The quantitative estimate of drug-likeness (QED) is 0.595. The highest BCUT2D eigenvalue weighted by molar-refractivity contribution is 5.74. The molecule has 0 aromatic rings. The van der Waals surface area contributed by atoms with Gasteiger partial charge in [-0.3, -0.25) is 0 Å². The first-order chi connectivity index (χ1) is 6.02. The molecule has 0 aliphatic heterocycles. The lowest BCUT2D eigenvalue weighted by Gasteiger charge is -2.26. The van der Waals surface area contributed by atoms with Gasteiger partial charge in [-0.1, -0.05) is 0 Å². The third-order valence-corrected chi connectivity index (χ3v) is 1.73. The standard InChI is InChI=1S/C7H16N4O2/c1-3-10(6(8)12)5-11(4-2)7(9)13/h3-5H2,1-2H3,(H2,8,12)(H2,9,13). The van der Waals surface area contributed by atoms with Gasteiger partial charge in [0.05, 0.1) is 6.67 Å². The fraction of sp³-hybridized carbons (Fsp3) is 0.714. The predicted octanol–water partition coefficient (Wildman–Crippen LogP) is -0.255. The van der Waals surface area contributed by atoms with E-state index in [1.165, 1.54) is 9.80 Å². The first-order valence-corrected chi connectivity index (χ1v) is 4.11. The summed E-state index contributed by atoms with van der Waals surface area (Å²) in [7, 11) is 0. The Kier molecular flexibility index (Phi) is 4.64. The number of primary amides is 2. The van der Waals surface area contributed by atoms with E-state index >= 15 is 0 Å². The van der Waals surface area contributed by atoms with Crippen LogP contribution >= 0.6 is 0 Å². The van der Waals surface area contributed by atoms with Crippen molar-refractivity contribution in [3.63, 3.8) is 0 Å². The summed E-state index contributed by atoms with van der Waals surface area (Å²) < 4.78 is 0. The number of hydrogen-bond acceptors (Lipinski definition) is 2. The molecular weight excluding hydrogens is 172 g/mol. The molecular formula is C7H16N4O2. The monoisotopic (exact) mass is 188 g/mol. The SMILES string of the molecule is CCN(CN(CC)C(N)=O)C(N)=O. The van der Waals surface area contributed by atoms with Gasteiger partial charge in [0.25, 0.3) is 0 Å². The van der Waals surface area contributed by atoms with E-state index in [1.54, 1.807) is 13.8 Å². The molecule has 4 N–H and O–H groups in total. The Labute approximate surface area is 77.5 Å². The van der Waals surface area contributed by atoms with E-state index in [2.05, 4.69) is 0 Å². The molecule has 0 spiro atoms. The smallest absolute Gasteiger partial charge is 0.316 e. The number of urea groups is 2. The van der Waals surface area contributed by atoms with Gasteiger partial charge in [0.1, 0.15) is 0 Å². The van der Waals surface area contributed by atoms with Gasteiger partial charge >= 0.3 is 12.1 Å². The zero-order valence-electron chi connectivity index (χ0n) is 7.99. The van der Waals surface area contributed by atoms with E-state index in [-0.39, 0.29) is 6.67 Å². The molecule has 0 aliphatic rings. The minimum absolute atomic E-state index is 0.150. The molecule has 6 nitrogen and oxygen atoms in total. The lowest BCUT2D eigenvalue weighted by molar-refractivity contribution is 0.159. The number of nitrogens with zero attached hydrogens (tertiary/aromatic N) is 2. The van der Waals surface area contributed by atoms with Crippen LogP contribution in [-0.2, 0) is 0 Å². The maximum atomic E-state index is 10.8. The number of carbonyl (C=O) groups is 2. The Hall–Kier alpha value is -1.46. The summed E-state index contributed by atoms with van der Waals surface area (Å²) in [6.07, 6.45) is 0. The van der Waals surface area contributed by atoms with Crippen molar-refractivity contribution in [2.24, 2.45) is 11.5 Å². The fourth-order valence-electron chi connectivity index (χ4n) is 0.857. The van der Waals surface area contributed by atoms with Gasteiger partial charge in [-0.2, -0.15) is 0 Å².